The van der Waals surface area contributed by atoms with Crippen molar-refractivity contribution in [2.24, 2.45) is 5.73 Å². The van der Waals surface area contributed by atoms with Gasteiger partial charge in [0.1, 0.15) is 0 Å². The van der Waals surface area contributed by atoms with Gasteiger partial charge in [-0.2, -0.15) is 5.26 Å². The summed E-state index contributed by atoms with van der Waals surface area (Å²) in [5, 5.41) is 9.06. The monoisotopic (exact) mass is 260 g/mol. The first kappa shape index (κ1) is 12.9. The standard InChI is InChI=1S/C10H9ClN2O2.ClH/c11-7-4-10-9(14-5-15-10)3-6(7)8(13)1-2-12;/h3-4,8H,1,5,13H2;1H/t8-;/m0./s1. The van der Waals surface area contributed by atoms with Crippen LogP contribution in [0.25, 0.3) is 0 Å². The number of rotatable bonds is 2. The molecule has 0 aliphatic carbocycles. The first-order valence-corrected chi connectivity index (χ1v) is 4.81. The van der Waals surface area contributed by atoms with Crippen LogP contribution in [-0.2, 0) is 0 Å². The smallest absolute Gasteiger partial charge is 0.231 e. The third kappa shape index (κ3) is 2.33. The molecule has 0 radical (unpaired) electrons. The van der Waals surface area contributed by atoms with E-state index in [0.717, 1.165) is 0 Å². The molecule has 0 unspecified atom stereocenters. The second-order valence-electron chi connectivity index (χ2n) is 3.20. The van der Waals surface area contributed by atoms with E-state index >= 15 is 0 Å². The van der Waals surface area contributed by atoms with Crippen LogP contribution < -0.4 is 15.2 Å². The predicted molar refractivity (Wildman–Crippen MR) is 62.0 cm³/mol. The Bertz CT molecular complexity index is 432. The van der Waals surface area contributed by atoms with E-state index in [1.54, 1.807) is 12.1 Å². The van der Waals surface area contributed by atoms with Gasteiger partial charge in [-0.25, -0.2) is 0 Å². The second-order valence-corrected chi connectivity index (χ2v) is 3.60. The molecule has 0 saturated carbocycles. The molecule has 1 aliphatic rings. The van der Waals surface area contributed by atoms with E-state index in [2.05, 4.69) is 0 Å². The first-order chi connectivity index (χ1) is 7.22. The van der Waals surface area contributed by atoms with E-state index in [0.29, 0.717) is 22.1 Å². The summed E-state index contributed by atoms with van der Waals surface area (Å²) in [7, 11) is 0. The van der Waals surface area contributed by atoms with Crippen LogP contribution in [0.3, 0.4) is 0 Å². The number of nitrogens with zero attached hydrogens (tertiary/aromatic N) is 1. The summed E-state index contributed by atoms with van der Waals surface area (Å²) in [5.74, 6) is 1.25. The van der Waals surface area contributed by atoms with Gasteiger partial charge >= 0.3 is 0 Å². The third-order valence-electron chi connectivity index (χ3n) is 2.20. The fourth-order valence-electron chi connectivity index (χ4n) is 1.43. The number of hydrogen-bond acceptors (Lipinski definition) is 4. The van der Waals surface area contributed by atoms with Gasteiger partial charge in [-0.1, -0.05) is 11.6 Å². The third-order valence-corrected chi connectivity index (χ3v) is 2.53. The molecular weight excluding hydrogens is 251 g/mol. The summed E-state index contributed by atoms with van der Waals surface area (Å²) in [6, 6.07) is 5.01. The molecule has 1 aromatic rings. The maximum Gasteiger partial charge on any atom is 0.231 e. The van der Waals surface area contributed by atoms with Crippen LogP contribution >= 0.6 is 24.0 Å². The molecule has 1 aromatic carbocycles. The van der Waals surface area contributed by atoms with E-state index in [1.807, 2.05) is 6.07 Å². The van der Waals surface area contributed by atoms with Gasteiger partial charge in [-0.15, -0.1) is 12.4 Å². The zero-order valence-electron chi connectivity index (χ0n) is 8.27. The van der Waals surface area contributed by atoms with E-state index in [1.165, 1.54) is 0 Å². The molecule has 16 heavy (non-hydrogen) atoms. The summed E-state index contributed by atoms with van der Waals surface area (Å²) in [6.07, 6.45) is 0.222. The summed E-state index contributed by atoms with van der Waals surface area (Å²) < 4.78 is 10.4. The quantitative estimate of drug-likeness (QED) is 0.887. The predicted octanol–water partition coefficient (Wildman–Crippen LogP) is 2.40. The molecule has 1 atom stereocenters. The Morgan fingerprint density at radius 2 is 2.06 bits per heavy atom. The molecule has 2 N–H and O–H groups in total. The van der Waals surface area contributed by atoms with Gasteiger partial charge in [0.25, 0.3) is 0 Å². The van der Waals surface area contributed by atoms with Crippen LogP contribution in [0.15, 0.2) is 12.1 Å². The molecule has 0 saturated heterocycles. The Labute approximate surface area is 104 Å². The number of halogens is 2. The van der Waals surface area contributed by atoms with Crippen molar-refractivity contribution < 1.29 is 9.47 Å². The molecule has 0 bridgehead atoms. The van der Waals surface area contributed by atoms with Crippen LogP contribution in [0.2, 0.25) is 5.02 Å². The topological polar surface area (TPSA) is 68.3 Å². The van der Waals surface area contributed by atoms with Crippen LogP contribution in [0, 0.1) is 11.3 Å². The van der Waals surface area contributed by atoms with Crippen molar-refractivity contribution in [1.82, 2.24) is 0 Å². The van der Waals surface area contributed by atoms with Gasteiger partial charge in [-0.05, 0) is 11.6 Å². The summed E-state index contributed by atoms with van der Waals surface area (Å²) in [5.41, 5.74) is 6.51. The van der Waals surface area contributed by atoms with E-state index in [4.69, 9.17) is 32.1 Å². The van der Waals surface area contributed by atoms with Gasteiger partial charge < -0.3 is 15.2 Å². The van der Waals surface area contributed by atoms with Gasteiger partial charge in [0.05, 0.1) is 12.5 Å². The molecule has 86 valence electrons. The van der Waals surface area contributed by atoms with Crippen LogP contribution in [0.4, 0.5) is 0 Å². The fraction of sp³-hybridized carbons (Fsp3) is 0.300. The van der Waals surface area contributed by atoms with Crippen molar-refractivity contribution >= 4 is 24.0 Å². The van der Waals surface area contributed by atoms with Crippen molar-refractivity contribution in [2.75, 3.05) is 6.79 Å². The summed E-state index contributed by atoms with van der Waals surface area (Å²) >= 11 is 6.01. The second kappa shape index (κ2) is 5.26. The highest BCUT2D eigenvalue weighted by Crippen LogP contribution is 2.38. The average Bonchev–Trinajstić information content (AvgIpc) is 2.63. The van der Waals surface area contributed by atoms with Crippen LogP contribution in [0.1, 0.15) is 18.0 Å². The number of fused-ring (bicyclic) bond motifs is 1. The van der Waals surface area contributed by atoms with Crippen molar-refractivity contribution in [2.45, 2.75) is 12.5 Å². The zero-order valence-corrected chi connectivity index (χ0v) is 9.85. The molecule has 0 aromatic heterocycles. The lowest BCUT2D eigenvalue weighted by Gasteiger charge is -2.10. The Balaban J connectivity index is 0.00000128. The van der Waals surface area contributed by atoms with Crippen LogP contribution in [-0.4, -0.2) is 6.79 Å². The average molecular weight is 261 g/mol. The molecule has 2 rings (SSSR count). The largest absolute Gasteiger partial charge is 0.454 e. The van der Waals surface area contributed by atoms with E-state index in [9.17, 15) is 0 Å². The molecule has 0 fully saturated rings. The minimum absolute atomic E-state index is 0. The van der Waals surface area contributed by atoms with Gasteiger partial charge in [0.2, 0.25) is 6.79 Å². The molecular formula is C10H10Cl2N2O2. The Hall–Kier alpha value is -1.15. The highest BCUT2D eigenvalue weighted by atomic mass is 35.5. The molecule has 1 aliphatic heterocycles. The number of benzene rings is 1. The first-order valence-electron chi connectivity index (χ1n) is 4.44. The number of hydrogen-bond donors (Lipinski definition) is 1. The maximum atomic E-state index is 8.55. The highest BCUT2D eigenvalue weighted by molar-refractivity contribution is 6.31. The molecule has 0 amide bonds. The highest BCUT2D eigenvalue weighted by Gasteiger charge is 2.19. The van der Waals surface area contributed by atoms with Crippen molar-refractivity contribution in [1.29, 1.82) is 5.26 Å². The molecule has 0 spiro atoms. The van der Waals surface area contributed by atoms with Crippen molar-refractivity contribution in [3.05, 3.63) is 22.7 Å². The van der Waals surface area contributed by atoms with Crippen LogP contribution in [0.5, 0.6) is 11.5 Å². The lowest BCUT2D eigenvalue weighted by molar-refractivity contribution is 0.174. The maximum absolute atomic E-state index is 8.55. The van der Waals surface area contributed by atoms with E-state index < -0.39 is 6.04 Å². The Morgan fingerprint density at radius 1 is 1.44 bits per heavy atom. The Kier molecular flexibility index (Phi) is 4.25. The normalized spacial score (nSPS) is 13.8. The van der Waals surface area contributed by atoms with Crippen molar-refractivity contribution in [3.63, 3.8) is 0 Å². The van der Waals surface area contributed by atoms with E-state index in [-0.39, 0.29) is 25.6 Å². The molecule has 6 heteroatoms. The summed E-state index contributed by atoms with van der Waals surface area (Å²) in [6.45, 7) is 0.197. The lowest BCUT2D eigenvalue weighted by atomic mass is 10.0. The molecule has 4 nitrogen and oxygen atoms in total. The zero-order chi connectivity index (χ0) is 10.8. The fourth-order valence-corrected chi connectivity index (χ4v) is 1.72. The minimum Gasteiger partial charge on any atom is -0.454 e. The Morgan fingerprint density at radius 3 is 2.69 bits per heavy atom. The van der Waals surface area contributed by atoms with Gasteiger partial charge in [-0.3, -0.25) is 0 Å². The number of nitriles is 1. The summed E-state index contributed by atoms with van der Waals surface area (Å²) in [4.78, 5) is 0. The SMILES string of the molecule is Cl.N#CC[C@H](N)c1cc2c(cc1Cl)OCO2. The minimum atomic E-state index is -0.392. The number of nitrogens with two attached hydrogens (primary N) is 1. The molecule has 1 heterocycles. The van der Waals surface area contributed by atoms with Crippen molar-refractivity contribution in [3.8, 4) is 17.6 Å². The lowest BCUT2D eigenvalue weighted by Crippen LogP contribution is -2.09. The van der Waals surface area contributed by atoms with Gasteiger partial charge in [0, 0.05) is 17.1 Å². The van der Waals surface area contributed by atoms with Gasteiger partial charge in [0.15, 0.2) is 11.5 Å². The number of ether oxygens (including phenoxy) is 2.